The lowest BCUT2D eigenvalue weighted by Gasteiger charge is -2.36. The molecule has 0 unspecified atom stereocenters. The molecule has 0 saturated carbocycles. The zero-order valence-corrected chi connectivity index (χ0v) is 24.6. The number of nitrogens with zero attached hydrogens (tertiary/aromatic N) is 1. The molecule has 4 rings (SSSR count). The molecule has 4 heteroatoms. The molecule has 1 amide bonds. The summed E-state index contributed by atoms with van der Waals surface area (Å²) in [4.78, 5) is 14.0. The van der Waals surface area contributed by atoms with Gasteiger partial charge in [0.1, 0.15) is 5.75 Å². The highest BCUT2D eigenvalue weighted by molar-refractivity contribution is 5.76. The second-order valence-electron chi connectivity index (χ2n) is 11.9. The smallest absolute Gasteiger partial charge is 0.221 e. The van der Waals surface area contributed by atoms with Crippen molar-refractivity contribution in [3.05, 3.63) is 113 Å². The fourth-order valence-corrected chi connectivity index (χ4v) is 6.25. The molecule has 2 N–H and O–H groups in total. The lowest BCUT2D eigenvalue weighted by molar-refractivity contribution is -0.117. The number of hydrogen-bond acceptors (Lipinski definition) is 3. The zero-order chi connectivity index (χ0) is 28.4. The fourth-order valence-electron chi connectivity index (χ4n) is 6.25. The second-order valence-corrected chi connectivity index (χ2v) is 11.9. The molecule has 0 heterocycles. The van der Waals surface area contributed by atoms with E-state index in [1.165, 1.54) is 30.4 Å². The third-order valence-corrected chi connectivity index (χ3v) is 8.37. The van der Waals surface area contributed by atoms with E-state index in [1.54, 1.807) is 11.1 Å². The van der Waals surface area contributed by atoms with Crippen LogP contribution in [-0.2, 0) is 11.2 Å². The largest absolute Gasteiger partial charge is 0.494 e. The van der Waals surface area contributed by atoms with Crippen molar-refractivity contribution in [3.63, 3.8) is 0 Å². The number of carbonyl (C=O) groups excluding carboxylic acids is 1. The number of nitrogens with two attached hydrogens (primary N) is 1. The SMILES string of the molecule is CC1=C(CCN(CCCOc2cccc(CC(N)=O)c2)CC(c2ccccc2)c2ccccc2)C(C)(C)CCC1. The van der Waals surface area contributed by atoms with Gasteiger partial charge < -0.3 is 15.4 Å². The van der Waals surface area contributed by atoms with Crippen molar-refractivity contribution in [1.82, 2.24) is 4.90 Å². The molecule has 0 atom stereocenters. The molecule has 1 aliphatic carbocycles. The Morgan fingerprint density at radius 1 is 0.950 bits per heavy atom. The fraction of sp³-hybridized carbons (Fsp3) is 0.417. The van der Waals surface area contributed by atoms with Crippen LogP contribution in [-0.4, -0.2) is 37.0 Å². The minimum absolute atomic E-state index is 0.233. The number of allylic oxidation sites excluding steroid dienone is 1. The summed E-state index contributed by atoms with van der Waals surface area (Å²) in [5.41, 5.74) is 12.5. The molecular formula is C36H46N2O2. The van der Waals surface area contributed by atoms with E-state index < -0.39 is 0 Å². The second kappa shape index (κ2) is 14.3. The van der Waals surface area contributed by atoms with Crippen LogP contribution >= 0.6 is 0 Å². The van der Waals surface area contributed by atoms with Crippen LogP contribution in [0.2, 0.25) is 0 Å². The van der Waals surface area contributed by atoms with Crippen molar-refractivity contribution in [2.45, 2.75) is 65.2 Å². The molecule has 212 valence electrons. The summed E-state index contributed by atoms with van der Waals surface area (Å²) in [6.07, 6.45) is 6.09. The Hall–Kier alpha value is -3.37. The predicted octanol–water partition coefficient (Wildman–Crippen LogP) is 7.53. The Kier molecular flexibility index (Phi) is 10.6. The molecule has 0 bridgehead atoms. The number of carbonyl (C=O) groups is 1. The van der Waals surface area contributed by atoms with Crippen LogP contribution < -0.4 is 10.5 Å². The molecule has 1 aliphatic rings. The standard InChI is InChI=1S/C36H46N2O2/c1-28-13-11-21-36(2,3)34(28)20-23-38(22-12-24-40-32-19-10-14-29(25-32)26-35(37)39)27-33(30-15-6-4-7-16-30)31-17-8-5-9-18-31/h4-10,14-19,25,33H,11-13,20-24,26-27H2,1-3H3,(H2,37,39). The molecule has 0 fully saturated rings. The number of amides is 1. The van der Waals surface area contributed by atoms with Gasteiger partial charge >= 0.3 is 0 Å². The number of hydrogen-bond donors (Lipinski definition) is 1. The van der Waals surface area contributed by atoms with E-state index in [1.807, 2.05) is 24.3 Å². The minimum Gasteiger partial charge on any atom is -0.494 e. The van der Waals surface area contributed by atoms with Gasteiger partial charge in [0.2, 0.25) is 5.91 Å². The van der Waals surface area contributed by atoms with Crippen LogP contribution in [0.3, 0.4) is 0 Å². The van der Waals surface area contributed by atoms with Crippen LogP contribution in [0.25, 0.3) is 0 Å². The van der Waals surface area contributed by atoms with Gasteiger partial charge in [0.25, 0.3) is 0 Å². The Bertz CT molecular complexity index is 1210. The van der Waals surface area contributed by atoms with Crippen molar-refractivity contribution in [1.29, 1.82) is 0 Å². The van der Waals surface area contributed by atoms with Crippen molar-refractivity contribution >= 4 is 5.91 Å². The third-order valence-electron chi connectivity index (χ3n) is 8.37. The molecule has 3 aromatic rings. The number of ether oxygens (including phenoxy) is 1. The molecule has 0 spiro atoms. The monoisotopic (exact) mass is 538 g/mol. The Labute approximate surface area is 241 Å². The average Bonchev–Trinajstić information content (AvgIpc) is 2.93. The van der Waals surface area contributed by atoms with Crippen molar-refractivity contribution in [2.75, 3.05) is 26.2 Å². The predicted molar refractivity (Wildman–Crippen MR) is 166 cm³/mol. The van der Waals surface area contributed by atoms with Crippen LogP contribution in [0.4, 0.5) is 0 Å². The summed E-state index contributed by atoms with van der Waals surface area (Å²) in [5.74, 6) is 0.774. The summed E-state index contributed by atoms with van der Waals surface area (Å²) in [5, 5.41) is 0. The number of benzene rings is 3. The number of primary amides is 1. The van der Waals surface area contributed by atoms with Gasteiger partial charge in [-0.05, 0) is 73.3 Å². The van der Waals surface area contributed by atoms with Crippen molar-refractivity contribution in [2.24, 2.45) is 11.1 Å². The van der Waals surface area contributed by atoms with Crippen molar-refractivity contribution in [3.8, 4) is 5.75 Å². The van der Waals surface area contributed by atoms with E-state index in [0.717, 1.165) is 43.8 Å². The summed E-state index contributed by atoms with van der Waals surface area (Å²) < 4.78 is 6.11. The highest BCUT2D eigenvalue weighted by atomic mass is 16.5. The summed E-state index contributed by atoms with van der Waals surface area (Å²) in [6.45, 7) is 10.8. The van der Waals surface area contributed by atoms with E-state index in [4.69, 9.17) is 10.5 Å². The van der Waals surface area contributed by atoms with Gasteiger partial charge in [0.05, 0.1) is 13.0 Å². The first-order valence-electron chi connectivity index (χ1n) is 14.8. The van der Waals surface area contributed by atoms with Crippen molar-refractivity contribution < 1.29 is 9.53 Å². The average molecular weight is 539 g/mol. The van der Waals surface area contributed by atoms with Gasteiger partial charge in [-0.1, -0.05) is 97.8 Å². The first kappa shape index (κ1) is 29.6. The summed E-state index contributed by atoms with van der Waals surface area (Å²) in [7, 11) is 0. The molecule has 0 saturated heterocycles. The summed E-state index contributed by atoms with van der Waals surface area (Å²) >= 11 is 0. The normalized spacial score (nSPS) is 15.0. The van der Waals surface area contributed by atoms with E-state index >= 15 is 0 Å². The molecule has 3 aromatic carbocycles. The van der Waals surface area contributed by atoms with E-state index in [2.05, 4.69) is 86.3 Å². The lowest BCUT2D eigenvalue weighted by Crippen LogP contribution is -2.33. The van der Waals surface area contributed by atoms with Crippen LogP contribution in [0.1, 0.15) is 75.5 Å². The number of rotatable bonds is 14. The lowest BCUT2D eigenvalue weighted by atomic mass is 9.71. The molecular weight excluding hydrogens is 492 g/mol. The Morgan fingerprint density at radius 3 is 2.25 bits per heavy atom. The van der Waals surface area contributed by atoms with E-state index in [0.29, 0.717) is 12.5 Å². The van der Waals surface area contributed by atoms with Crippen LogP contribution in [0.15, 0.2) is 96.1 Å². The van der Waals surface area contributed by atoms with Gasteiger partial charge in [0.15, 0.2) is 0 Å². The van der Waals surface area contributed by atoms with Gasteiger partial charge in [-0.3, -0.25) is 4.79 Å². The molecule has 0 aromatic heterocycles. The third kappa shape index (κ3) is 8.56. The zero-order valence-electron chi connectivity index (χ0n) is 24.6. The maximum atomic E-state index is 11.3. The van der Waals surface area contributed by atoms with Gasteiger partial charge in [0, 0.05) is 25.6 Å². The highest BCUT2D eigenvalue weighted by Crippen LogP contribution is 2.42. The maximum Gasteiger partial charge on any atom is 0.221 e. The van der Waals surface area contributed by atoms with Gasteiger partial charge in [-0.25, -0.2) is 0 Å². The Morgan fingerprint density at radius 2 is 1.62 bits per heavy atom. The molecule has 4 nitrogen and oxygen atoms in total. The molecule has 0 aliphatic heterocycles. The Balaban J connectivity index is 1.47. The minimum atomic E-state index is -0.328. The van der Waals surface area contributed by atoms with Crippen LogP contribution in [0.5, 0.6) is 5.75 Å². The highest BCUT2D eigenvalue weighted by Gasteiger charge is 2.28. The van der Waals surface area contributed by atoms with E-state index in [-0.39, 0.29) is 17.7 Å². The maximum absolute atomic E-state index is 11.3. The topological polar surface area (TPSA) is 55.6 Å². The first-order valence-corrected chi connectivity index (χ1v) is 14.8. The van der Waals surface area contributed by atoms with Crippen LogP contribution in [0, 0.1) is 5.41 Å². The van der Waals surface area contributed by atoms with Gasteiger partial charge in [-0.2, -0.15) is 0 Å². The van der Waals surface area contributed by atoms with E-state index in [9.17, 15) is 4.79 Å². The first-order chi connectivity index (χ1) is 19.3. The van der Waals surface area contributed by atoms with Gasteiger partial charge in [-0.15, -0.1) is 0 Å². The quantitative estimate of drug-likeness (QED) is 0.170. The summed E-state index contributed by atoms with van der Waals surface area (Å²) in [6, 6.07) is 29.5. The molecule has 40 heavy (non-hydrogen) atoms. The molecule has 0 radical (unpaired) electrons.